The highest BCUT2D eigenvalue weighted by atomic mass is 16.6. The van der Waals surface area contributed by atoms with E-state index in [1.807, 2.05) is 87.5 Å². The number of anilines is 1. The molecule has 41 heavy (non-hydrogen) atoms. The third-order valence-corrected chi connectivity index (χ3v) is 7.13. The van der Waals surface area contributed by atoms with E-state index >= 15 is 0 Å². The molecule has 3 aromatic carbocycles. The maximum atomic E-state index is 12.6. The van der Waals surface area contributed by atoms with Crippen molar-refractivity contribution in [2.75, 3.05) is 5.32 Å². The van der Waals surface area contributed by atoms with Crippen molar-refractivity contribution >= 4 is 18.0 Å². The molecule has 0 unspecified atom stereocenters. The number of carbonyl (C=O) groups excluding carboxylic acids is 2. The van der Waals surface area contributed by atoms with Crippen LogP contribution in [0.15, 0.2) is 97.2 Å². The van der Waals surface area contributed by atoms with Gasteiger partial charge in [-0.15, -0.1) is 0 Å². The van der Waals surface area contributed by atoms with Gasteiger partial charge in [0.1, 0.15) is 18.0 Å². The van der Waals surface area contributed by atoms with Gasteiger partial charge in [-0.05, 0) is 73.9 Å². The molecule has 210 valence electrons. The Morgan fingerprint density at radius 3 is 2.07 bits per heavy atom. The van der Waals surface area contributed by atoms with Crippen LogP contribution < -0.4 is 10.6 Å². The summed E-state index contributed by atoms with van der Waals surface area (Å²) in [6, 6.07) is 29.6. The van der Waals surface area contributed by atoms with Crippen LogP contribution in [0, 0.1) is 0 Å². The van der Waals surface area contributed by atoms with Gasteiger partial charge in [-0.2, -0.15) is 0 Å². The lowest BCUT2D eigenvalue weighted by molar-refractivity contribution is 0.0377. The molecule has 1 aliphatic carbocycles. The molecule has 7 heteroatoms. The van der Waals surface area contributed by atoms with E-state index in [4.69, 9.17) is 9.47 Å². The summed E-state index contributed by atoms with van der Waals surface area (Å²) in [4.78, 5) is 29.6. The summed E-state index contributed by atoms with van der Waals surface area (Å²) < 4.78 is 10.9. The number of amides is 2. The molecule has 0 atom stereocenters. The molecule has 0 spiro atoms. The highest BCUT2D eigenvalue weighted by molar-refractivity contribution is 5.88. The van der Waals surface area contributed by atoms with Crippen LogP contribution in [-0.2, 0) is 21.6 Å². The zero-order chi connectivity index (χ0) is 28.9. The molecule has 7 nitrogen and oxygen atoms in total. The number of ether oxygens (including phenoxy) is 2. The smallest absolute Gasteiger partial charge is 0.413 e. The number of pyridine rings is 1. The van der Waals surface area contributed by atoms with Gasteiger partial charge in [0.25, 0.3) is 0 Å². The SMILES string of the molecule is CC(C)(C)OC(=O)NC1(c2ccc(-c3cnc(NC(=O)OCc4ccccc4)cc3-c3ccccc3)cc2)CCC1. The number of carbonyl (C=O) groups is 2. The number of benzene rings is 3. The van der Waals surface area contributed by atoms with Gasteiger partial charge in [0.05, 0.1) is 5.54 Å². The van der Waals surface area contributed by atoms with E-state index in [9.17, 15) is 9.59 Å². The van der Waals surface area contributed by atoms with E-state index in [1.54, 1.807) is 6.20 Å². The topological polar surface area (TPSA) is 89.5 Å². The Labute approximate surface area is 240 Å². The van der Waals surface area contributed by atoms with Crippen LogP contribution in [0.25, 0.3) is 22.3 Å². The number of nitrogens with zero attached hydrogens (tertiary/aromatic N) is 1. The second-order valence-electron chi connectivity index (χ2n) is 11.3. The molecule has 0 saturated heterocycles. The van der Waals surface area contributed by atoms with Crippen molar-refractivity contribution in [2.24, 2.45) is 0 Å². The minimum atomic E-state index is -0.569. The maximum absolute atomic E-state index is 12.6. The van der Waals surface area contributed by atoms with Crippen LogP contribution in [0.4, 0.5) is 15.4 Å². The largest absolute Gasteiger partial charge is 0.444 e. The molecule has 0 aliphatic heterocycles. The van der Waals surface area contributed by atoms with E-state index < -0.39 is 23.3 Å². The summed E-state index contributed by atoms with van der Waals surface area (Å²) in [6.45, 7) is 5.76. The Morgan fingerprint density at radius 1 is 0.829 bits per heavy atom. The second kappa shape index (κ2) is 11.8. The minimum Gasteiger partial charge on any atom is -0.444 e. The molecule has 1 aromatic heterocycles. The molecule has 0 bridgehead atoms. The molecule has 0 radical (unpaired) electrons. The Kier molecular flexibility index (Phi) is 8.06. The molecule has 1 heterocycles. The Bertz CT molecular complexity index is 1490. The third kappa shape index (κ3) is 6.92. The van der Waals surface area contributed by atoms with E-state index in [1.165, 1.54) is 0 Å². The van der Waals surface area contributed by atoms with Gasteiger partial charge in [0, 0.05) is 11.8 Å². The fraction of sp³-hybridized carbons (Fsp3) is 0.265. The van der Waals surface area contributed by atoms with E-state index in [2.05, 4.69) is 39.9 Å². The molecule has 5 rings (SSSR count). The lowest BCUT2D eigenvalue weighted by atomic mass is 9.71. The first-order valence-electron chi connectivity index (χ1n) is 13.9. The standard InChI is InChI=1S/C34H35N3O4/c1-33(2,3)41-32(39)37-34(19-10-20-34)27-17-15-26(16-18-27)29-22-35-30(21-28(29)25-13-8-5-9-14-25)36-31(38)40-23-24-11-6-4-7-12-24/h4-9,11-18,21-22H,10,19-20,23H2,1-3H3,(H,37,39)(H,35,36,38). The zero-order valence-electron chi connectivity index (χ0n) is 23.6. The monoisotopic (exact) mass is 549 g/mol. The van der Waals surface area contributed by atoms with Crippen molar-refractivity contribution in [1.82, 2.24) is 10.3 Å². The third-order valence-electron chi connectivity index (χ3n) is 7.13. The van der Waals surface area contributed by atoms with Gasteiger partial charge in [0.2, 0.25) is 0 Å². The van der Waals surface area contributed by atoms with Crippen LogP contribution in [0.3, 0.4) is 0 Å². The number of aromatic nitrogens is 1. The van der Waals surface area contributed by atoms with Gasteiger partial charge in [-0.3, -0.25) is 5.32 Å². The van der Waals surface area contributed by atoms with Crippen molar-refractivity contribution in [1.29, 1.82) is 0 Å². The molecular formula is C34H35N3O4. The first-order chi connectivity index (χ1) is 19.7. The Balaban J connectivity index is 1.37. The van der Waals surface area contributed by atoms with Crippen molar-refractivity contribution in [3.05, 3.63) is 108 Å². The first kappa shape index (κ1) is 27.9. The Hall–Kier alpha value is -4.65. The summed E-state index contributed by atoms with van der Waals surface area (Å²) in [5.41, 5.74) is 4.80. The molecule has 4 aromatic rings. The summed E-state index contributed by atoms with van der Waals surface area (Å²) in [5, 5.41) is 5.88. The van der Waals surface area contributed by atoms with Gasteiger partial charge in [-0.25, -0.2) is 14.6 Å². The van der Waals surface area contributed by atoms with Gasteiger partial charge < -0.3 is 14.8 Å². The average molecular weight is 550 g/mol. The second-order valence-corrected chi connectivity index (χ2v) is 11.3. The first-order valence-corrected chi connectivity index (χ1v) is 13.9. The molecule has 2 N–H and O–H groups in total. The minimum absolute atomic E-state index is 0.174. The van der Waals surface area contributed by atoms with Crippen LogP contribution in [0.5, 0.6) is 0 Å². The van der Waals surface area contributed by atoms with Crippen LogP contribution in [0.1, 0.15) is 51.2 Å². The van der Waals surface area contributed by atoms with Crippen molar-refractivity contribution < 1.29 is 19.1 Å². The fourth-order valence-electron chi connectivity index (χ4n) is 4.96. The van der Waals surface area contributed by atoms with Crippen LogP contribution in [-0.4, -0.2) is 22.8 Å². The van der Waals surface area contributed by atoms with Gasteiger partial charge in [-0.1, -0.05) is 84.9 Å². The molecule has 1 fully saturated rings. The van der Waals surface area contributed by atoms with Crippen molar-refractivity contribution in [3.63, 3.8) is 0 Å². The number of alkyl carbamates (subject to hydrolysis) is 1. The predicted octanol–water partition coefficient (Wildman–Crippen LogP) is 8.07. The summed E-state index contributed by atoms with van der Waals surface area (Å²) in [6.07, 6.45) is 3.57. The molecular weight excluding hydrogens is 514 g/mol. The number of hydrogen-bond donors (Lipinski definition) is 2. The highest BCUT2D eigenvalue weighted by Crippen LogP contribution is 2.42. The number of hydrogen-bond acceptors (Lipinski definition) is 5. The number of nitrogens with one attached hydrogen (secondary N) is 2. The zero-order valence-corrected chi connectivity index (χ0v) is 23.6. The van der Waals surface area contributed by atoms with Crippen LogP contribution >= 0.6 is 0 Å². The van der Waals surface area contributed by atoms with E-state index in [0.29, 0.717) is 5.82 Å². The summed E-state index contributed by atoms with van der Waals surface area (Å²) in [7, 11) is 0. The molecule has 1 aliphatic rings. The van der Waals surface area contributed by atoms with Gasteiger partial charge >= 0.3 is 12.2 Å². The summed E-state index contributed by atoms with van der Waals surface area (Å²) in [5.74, 6) is 0.400. The average Bonchev–Trinajstić information content (AvgIpc) is 2.94. The van der Waals surface area contributed by atoms with E-state index in [-0.39, 0.29) is 6.61 Å². The quantitative estimate of drug-likeness (QED) is 0.243. The maximum Gasteiger partial charge on any atom is 0.413 e. The fourth-order valence-corrected chi connectivity index (χ4v) is 4.96. The highest BCUT2D eigenvalue weighted by Gasteiger charge is 2.41. The molecule has 2 amide bonds. The summed E-state index contributed by atoms with van der Waals surface area (Å²) >= 11 is 0. The number of rotatable bonds is 7. The van der Waals surface area contributed by atoms with Gasteiger partial charge in [0.15, 0.2) is 0 Å². The van der Waals surface area contributed by atoms with Crippen molar-refractivity contribution in [3.8, 4) is 22.3 Å². The lowest BCUT2D eigenvalue weighted by Gasteiger charge is -2.43. The lowest BCUT2D eigenvalue weighted by Crippen LogP contribution is -2.52. The van der Waals surface area contributed by atoms with Crippen molar-refractivity contribution in [2.45, 2.75) is 57.8 Å². The predicted molar refractivity (Wildman–Crippen MR) is 160 cm³/mol. The normalized spacial score (nSPS) is 13.9. The molecule has 1 saturated carbocycles. The van der Waals surface area contributed by atoms with E-state index in [0.717, 1.165) is 52.6 Å². The Morgan fingerprint density at radius 2 is 1.46 bits per heavy atom. The van der Waals surface area contributed by atoms with Crippen LogP contribution in [0.2, 0.25) is 0 Å².